The number of aromatic amines is 1. The van der Waals surface area contributed by atoms with Crippen molar-refractivity contribution in [1.82, 2.24) is 9.78 Å². The molecule has 1 aromatic heterocycles. The van der Waals surface area contributed by atoms with E-state index >= 15 is 0 Å². The fraction of sp³-hybridized carbons (Fsp3) is 0.280. The summed E-state index contributed by atoms with van der Waals surface area (Å²) in [6.07, 6.45) is 1.10. The topological polar surface area (TPSA) is 96.4 Å². The Bertz CT molecular complexity index is 1370. The minimum Gasteiger partial charge on any atom is -0.504 e. The van der Waals surface area contributed by atoms with E-state index in [0.717, 1.165) is 11.3 Å². The molecular formula is C25H24IN3O4. The minimum atomic E-state index is -0.573. The maximum atomic E-state index is 13.7. The molecule has 2 aliphatic rings. The fourth-order valence-corrected chi connectivity index (χ4v) is 5.52. The van der Waals surface area contributed by atoms with Crippen molar-refractivity contribution in [3.05, 3.63) is 78.8 Å². The Hall–Kier alpha value is -3.01. The van der Waals surface area contributed by atoms with Crippen LogP contribution < -0.4 is 15.6 Å². The third-order valence-electron chi connectivity index (χ3n) is 6.32. The Morgan fingerprint density at radius 2 is 1.88 bits per heavy atom. The van der Waals surface area contributed by atoms with Gasteiger partial charge in [0.25, 0.3) is 5.56 Å². The highest BCUT2D eigenvalue weighted by molar-refractivity contribution is 14.1. The van der Waals surface area contributed by atoms with Crippen LogP contribution in [0.1, 0.15) is 43.7 Å². The Morgan fingerprint density at radius 3 is 2.58 bits per heavy atom. The van der Waals surface area contributed by atoms with E-state index in [9.17, 15) is 14.7 Å². The van der Waals surface area contributed by atoms with Crippen molar-refractivity contribution in [2.45, 2.75) is 32.6 Å². The van der Waals surface area contributed by atoms with E-state index in [-0.39, 0.29) is 22.5 Å². The molecule has 0 fully saturated rings. The summed E-state index contributed by atoms with van der Waals surface area (Å²) < 4.78 is 7.47. The molecule has 8 heteroatoms. The molecule has 0 bridgehead atoms. The first-order valence-corrected chi connectivity index (χ1v) is 11.8. The molecule has 3 aromatic rings. The Kier molecular flexibility index (Phi) is 5.15. The van der Waals surface area contributed by atoms with Crippen molar-refractivity contribution < 1.29 is 14.6 Å². The number of rotatable bonds is 3. The number of carbonyl (C=O) groups is 1. The number of benzene rings is 2. The van der Waals surface area contributed by atoms with Crippen LogP contribution in [0.4, 0.5) is 5.82 Å². The molecule has 1 aliphatic carbocycles. The number of hydrogen-bond acceptors (Lipinski definition) is 5. The molecule has 3 N–H and O–H groups in total. The van der Waals surface area contributed by atoms with E-state index in [2.05, 4.69) is 24.3 Å². The SMILES string of the molecule is COc1cc(C2C3=C(CC(C)(C)CC3=O)Nc3[nH]n(-c4ccccc4)c(=O)c32)cc(I)c1O. The van der Waals surface area contributed by atoms with Gasteiger partial charge in [-0.2, -0.15) is 0 Å². The number of ether oxygens (including phenoxy) is 1. The molecule has 2 heterocycles. The first kappa shape index (κ1) is 21.8. The summed E-state index contributed by atoms with van der Waals surface area (Å²) >= 11 is 2.04. The zero-order valence-electron chi connectivity index (χ0n) is 18.5. The number of Topliss-reactive ketones (excluding diaryl/α,β-unsaturated/α-hetero) is 1. The molecule has 0 spiro atoms. The number of para-hydroxylation sites is 1. The van der Waals surface area contributed by atoms with E-state index in [1.165, 1.54) is 11.8 Å². The lowest BCUT2D eigenvalue weighted by Gasteiger charge is -2.38. The molecule has 33 heavy (non-hydrogen) atoms. The highest BCUT2D eigenvalue weighted by Gasteiger charge is 2.43. The van der Waals surface area contributed by atoms with Crippen LogP contribution in [0.15, 0.2) is 58.5 Å². The van der Waals surface area contributed by atoms with Crippen LogP contribution in [0.2, 0.25) is 0 Å². The number of nitrogens with one attached hydrogen (secondary N) is 2. The zero-order valence-corrected chi connectivity index (χ0v) is 20.7. The lowest BCUT2D eigenvalue weighted by molar-refractivity contribution is -0.118. The number of carbonyl (C=O) groups excluding carboxylic acids is 1. The number of fused-ring (bicyclic) bond motifs is 1. The number of H-pyrrole nitrogens is 1. The maximum absolute atomic E-state index is 13.7. The van der Waals surface area contributed by atoms with Crippen molar-refractivity contribution in [2.24, 2.45) is 5.41 Å². The number of aromatic hydroxyl groups is 1. The number of aromatic nitrogens is 2. The largest absolute Gasteiger partial charge is 0.504 e. The van der Waals surface area contributed by atoms with Crippen molar-refractivity contribution in [1.29, 1.82) is 0 Å². The quantitative estimate of drug-likeness (QED) is 0.407. The number of phenols is 1. The van der Waals surface area contributed by atoms with Gasteiger partial charge in [0.1, 0.15) is 5.82 Å². The number of nitrogens with zero attached hydrogens (tertiary/aromatic N) is 1. The highest BCUT2D eigenvalue weighted by atomic mass is 127. The second-order valence-corrected chi connectivity index (χ2v) is 10.5. The normalized spacial score (nSPS) is 19.0. The van der Waals surface area contributed by atoms with Gasteiger partial charge >= 0.3 is 0 Å². The molecule has 0 saturated heterocycles. The zero-order chi connectivity index (χ0) is 23.5. The van der Waals surface area contributed by atoms with Crippen LogP contribution in [0.5, 0.6) is 11.5 Å². The summed E-state index contributed by atoms with van der Waals surface area (Å²) in [4.78, 5) is 27.1. The Balaban J connectivity index is 1.78. The van der Waals surface area contributed by atoms with Crippen LogP contribution in [0.25, 0.3) is 5.69 Å². The van der Waals surface area contributed by atoms with Gasteiger partial charge in [-0.15, -0.1) is 0 Å². The number of phenolic OH excluding ortho intramolecular Hbond substituents is 1. The molecule has 5 rings (SSSR count). The van der Waals surface area contributed by atoms with Gasteiger partial charge in [0.15, 0.2) is 17.3 Å². The second-order valence-electron chi connectivity index (χ2n) is 9.32. The molecule has 0 saturated carbocycles. The first-order chi connectivity index (χ1) is 15.7. The Labute approximate surface area is 204 Å². The van der Waals surface area contributed by atoms with E-state index in [4.69, 9.17) is 4.74 Å². The van der Waals surface area contributed by atoms with Crippen molar-refractivity contribution >= 4 is 34.2 Å². The molecule has 0 radical (unpaired) electrons. The number of hydrogen-bond donors (Lipinski definition) is 3. The van der Waals surface area contributed by atoms with Crippen LogP contribution in [-0.2, 0) is 4.79 Å². The molecule has 170 valence electrons. The molecule has 1 aliphatic heterocycles. The predicted octanol–water partition coefficient (Wildman–Crippen LogP) is 4.69. The summed E-state index contributed by atoms with van der Waals surface area (Å²) in [5.41, 5.74) is 2.95. The number of methoxy groups -OCH3 is 1. The molecule has 1 atom stereocenters. The minimum absolute atomic E-state index is 0.0262. The van der Waals surface area contributed by atoms with E-state index in [1.807, 2.05) is 59.0 Å². The van der Waals surface area contributed by atoms with Crippen LogP contribution in [-0.4, -0.2) is 27.8 Å². The average molecular weight is 557 g/mol. The van der Waals surface area contributed by atoms with Crippen LogP contribution >= 0.6 is 22.6 Å². The fourth-order valence-electron chi connectivity index (χ4n) is 4.90. The van der Waals surface area contributed by atoms with Gasteiger partial charge in [-0.1, -0.05) is 32.0 Å². The first-order valence-electron chi connectivity index (χ1n) is 10.7. The summed E-state index contributed by atoms with van der Waals surface area (Å²) in [5, 5.41) is 17.0. The highest BCUT2D eigenvalue weighted by Crippen LogP contribution is 2.49. The smallest absolute Gasteiger partial charge is 0.277 e. The van der Waals surface area contributed by atoms with E-state index in [1.54, 1.807) is 6.07 Å². The van der Waals surface area contributed by atoms with Crippen LogP contribution in [0, 0.1) is 8.99 Å². The van der Waals surface area contributed by atoms with Crippen molar-refractivity contribution in [2.75, 3.05) is 12.4 Å². The summed E-state index contributed by atoms with van der Waals surface area (Å²) in [7, 11) is 1.49. The molecular weight excluding hydrogens is 533 g/mol. The standard InChI is InChI=1S/C25H24IN3O4/c1-25(2)11-16-20(17(30)12-25)19(13-9-15(26)22(31)18(10-13)33-3)21-23(27-16)28-29(24(21)32)14-7-5-4-6-8-14/h4-10,19,27-28,31H,11-12H2,1-3H3. The molecule has 2 aromatic carbocycles. The number of halogens is 1. The van der Waals surface area contributed by atoms with Crippen molar-refractivity contribution in [3.8, 4) is 17.2 Å². The van der Waals surface area contributed by atoms with E-state index < -0.39 is 5.92 Å². The lowest BCUT2D eigenvalue weighted by Crippen LogP contribution is -2.35. The summed E-state index contributed by atoms with van der Waals surface area (Å²) in [6.45, 7) is 4.15. The lowest BCUT2D eigenvalue weighted by atomic mass is 9.69. The van der Waals surface area contributed by atoms with Gasteiger partial charge in [-0.3, -0.25) is 14.7 Å². The van der Waals surface area contributed by atoms with Gasteiger partial charge < -0.3 is 15.2 Å². The molecule has 0 amide bonds. The third kappa shape index (κ3) is 3.56. The monoisotopic (exact) mass is 557 g/mol. The van der Waals surface area contributed by atoms with Gasteiger partial charge in [-0.25, -0.2) is 4.68 Å². The van der Waals surface area contributed by atoms with Gasteiger partial charge in [0.05, 0.1) is 21.9 Å². The summed E-state index contributed by atoms with van der Waals surface area (Å²) in [5.74, 6) is 0.383. The second kappa shape index (κ2) is 7.79. The Morgan fingerprint density at radius 1 is 1.15 bits per heavy atom. The number of allylic oxidation sites excluding steroid dienone is 2. The van der Waals surface area contributed by atoms with Gasteiger partial charge in [0, 0.05) is 23.6 Å². The number of anilines is 1. The van der Waals surface area contributed by atoms with Gasteiger partial charge in [-0.05, 0) is 64.3 Å². The molecule has 1 unspecified atom stereocenters. The predicted molar refractivity (Wildman–Crippen MR) is 134 cm³/mol. The average Bonchev–Trinajstić information content (AvgIpc) is 3.10. The van der Waals surface area contributed by atoms with E-state index in [0.29, 0.717) is 44.8 Å². The third-order valence-corrected chi connectivity index (χ3v) is 7.14. The van der Waals surface area contributed by atoms with Crippen LogP contribution in [0.3, 0.4) is 0 Å². The molecule has 7 nitrogen and oxygen atoms in total. The number of ketones is 1. The van der Waals surface area contributed by atoms with Gasteiger partial charge in [0.2, 0.25) is 0 Å². The summed E-state index contributed by atoms with van der Waals surface area (Å²) in [6, 6.07) is 12.9. The maximum Gasteiger partial charge on any atom is 0.277 e. The van der Waals surface area contributed by atoms with Crippen molar-refractivity contribution in [3.63, 3.8) is 0 Å².